The lowest BCUT2D eigenvalue weighted by Gasteiger charge is -2.04. The number of halogens is 1. The van der Waals surface area contributed by atoms with Gasteiger partial charge in [-0.2, -0.15) is 0 Å². The molecule has 0 bridgehead atoms. The highest BCUT2D eigenvalue weighted by atomic mass is 79.9. The molecule has 106 valence electrons. The van der Waals surface area contributed by atoms with Crippen LogP contribution in [-0.2, 0) is 6.54 Å². The zero-order valence-corrected chi connectivity index (χ0v) is 13.2. The average molecular weight is 363 g/mol. The van der Waals surface area contributed by atoms with E-state index in [9.17, 15) is 4.79 Å². The van der Waals surface area contributed by atoms with Gasteiger partial charge >= 0.3 is 0 Å². The van der Waals surface area contributed by atoms with Crippen LogP contribution in [-0.4, -0.2) is 15.9 Å². The minimum Gasteiger partial charge on any atom is -0.396 e. The Morgan fingerprint density at radius 3 is 2.67 bits per heavy atom. The predicted molar refractivity (Wildman–Crippen MR) is 87.1 cm³/mol. The number of hydrogen-bond donors (Lipinski definition) is 2. The lowest BCUT2D eigenvalue weighted by atomic mass is 10.2. The normalized spacial score (nSPS) is 10.7. The number of nitrogens with one attached hydrogen (secondary N) is 1. The van der Waals surface area contributed by atoms with Gasteiger partial charge in [0, 0.05) is 23.4 Å². The number of nitrogen functional groups attached to an aromatic ring is 1. The molecule has 7 heteroatoms. The van der Waals surface area contributed by atoms with E-state index in [-0.39, 0.29) is 5.91 Å². The molecule has 0 saturated carbocycles. The number of thiophene rings is 1. The summed E-state index contributed by atoms with van der Waals surface area (Å²) >= 11 is 4.63. The first kappa shape index (κ1) is 14.0. The van der Waals surface area contributed by atoms with Gasteiger partial charge < -0.3 is 11.1 Å². The summed E-state index contributed by atoms with van der Waals surface area (Å²) in [6, 6.07) is 7.76. The van der Waals surface area contributed by atoms with E-state index < -0.39 is 0 Å². The second-order valence-electron chi connectivity index (χ2n) is 4.36. The molecule has 2 aromatic heterocycles. The van der Waals surface area contributed by atoms with Crippen LogP contribution < -0.4 is 11.1 Å². The maximum absolute atomic E-state index is 12.2. The molecule has 3 aromatic rings. The highest BCUT2D eigenvalue weighted by Crippen LogP contribution is 2.30. The molecule has 1 amide bonds. The number of fused-ring (bicyclic) bond motifs is 1. The Morgan fingerprint density at radius 2 is 1.95 bits per heavy atom. The van der Waals surface area contributed by atoms with Gasteiger partial charge in [0.2, 0.25) is 0 Å². The zero-order valence-electron chi connectivity index (χ0n) is 10.8. The van der Waals surface area contributed by atoms with Crippen molar-refractivity contribution in [2.24, 2.45) is 0 Å². The zero-order chi connectivity index (χ0) is 14.8. The van der Waals surface area contributed by atoms with Crippen LogP contribution in [0.5, 0.6) is 0 Å². The first-order chi connectivity index (χ1) is 10.1. The topological polar surface area (TPSA) is 80.9 Å². The summed E-state index contributed by atoms with van der Waals surface area (Å²) < 4.78 is 1.00. The van der Waals surface area contributed by atoms with Crippen molar-refractivity contribution in [2.75, 3.05) is 5.73 Å². The molecule has 2 heterocycles. The van der Waals surface area contributed by atoms with Gasteiger partial charge in [0.15, 0.2) is 0 Å². The van der Waals surface area contributed by atoms with E-state index >= 15 is 0 Å². The van der Waals surface area contributed by atoms with Gasteiger partial charge in [0.05, 0.1) is 5.69 Å². The summed E-state index contributed by atoms with van der Waals surface area (Å²) in [5.74, 6) is -0.208. The third-order valence-corrected chi connectivity index (χ3v) is 4.57. The van der Waals surface area contributed by atoms with Crippen molar-refractivity contribution >= 4 is 49.2 Å². The van der Waals surface area contributed by atoms with Crippen LogP contribution in [0.15, 0.2) is 41.1 Å². The fraction of sp³-hybridized carbons (Fsp3) is 0.0714. The molecule has 0 aliphatic heterocycles. The van der Waals surface area contributed by atoms with E-state index in [1.54, 1.807) is 12.4 Å². The second kappa shape index (κ2) is 5.79. The molecule has 0 aliphatic carbocycles. The van der Waals surface area contributed by atoms with Gasteiger partial charge in [-0.1, -0.05) is 28.1 Å². The Hall–Kier alpha value is -1.99. The van der Waals surface area contributed by atoms with Crippen molar-refractivity contribution in [2.45, 2.75) is 6.54 Å². The monoisotopic (exact) mass is 362 g/mol. The molecule has 21 heavy (non-hydrogen) atoms. The average Bonchev–Trinajstić information content (AvgIpc) is 2.84. The molecule has 3 N–H and O–H groups in total. The third kappa shape index (κ3) is 2.88. The lowest BCUT2D eigenvalue weighted by molar-refractivity contribution is 0.0956. The van der Waals surface area contributed by atoms with Gasteiger partial charge in [0.1, 0.15) is 15.2 Å². The number of anilines is 1. The first-order valence-corrected chi connectivity index (χ1v) is 7.77. The van der Waals surface area contributed by atoms with Gasteiger partial charge in [-0.25, -0.2) is 9.97 Å². The largest absolute Gasteiger partial charge is 0.396 e. The van der Waals surface area contributed by atoms with Gasteiger partial charge in [-0.05, 0) is 17.7 Å². The standard InChI is InChI=1S/C14H11BrN4OS/c15-9-3-1-8(2-4-9)7-19-13(20)12-10(16)11-14(21-12)18-6-5-17-11/h1-6H,7,16H2,(H,19,20). The Bertz CT molecular complexity index is 800. The van der Waals surface area contributed by atoms with Crippen LogP contribution in [0.25, 0.3) is 10.3 Å². The number of benzene rings is 1. The van der Waals surface area contributed by atoms with Crippen LogP contribution in [0.2, 0.25) is 0 Å². The molecule has 0 radical (unpaired) electrons. The van der Waals surface area contributed by atoms with E-state index in [1.807, 2.05) is 24.3 Å². The highest BCUT2D eigenvalue weighted by molar-refractivity contribution is 9.10. The number of rotatable bonds is 3. The smallest absolute Gasteiger partial charge is 0.263 e. The van der Waals surface area contributed by atoms with Crippen LogP contribution in [0.4, 0.5) is 5.69 Å². The summed E-state index contributed by atoms with van der Waals surface area (Å²) in [5.41, 5.74) is 7.95. The summed E-state index contributed by atoms with van der Waals surface area (Å²) in [5, 5.41) is 2.86. The molecule has 0 saturated heterocycles. The molecule has 0 unspecified atom stereocenters. The fourth-order valence-electron chi connectivity index (χ4n) is 1.88. The Kier molecular flexibility index (Phi) is 3.85. The van der Waals surface area contributed by atoms with Crippen LogP contribution >= 0.6 is 27.3 Å². The van der Waals surface area contributed by atoms with Crippen molar-refractivity contribution in [1.82, 2.24) is 15.3 Å². The number of nitrogens with two attached hydrogens (primary N) is 1. The van der Waals surface area contributed by atoms with Gasteiger partial charge in [-0.3, -0.25) is 4.79 Å². The second-order valence-corrected chi connectivity index (χ2v) is 6.28. The van der Waals surface area contributed by atoms with Crippen molar-refractivity contribution < 1.29 is 4.79 Å². The maximum Gasteiger partial charge on any atom is 0.263 e. The molecule has 0 spiro atoms. The van der Waals surface area contributed by atoms with Crippen LogP contribution in [0.3, 0.4) is 0 Å². The number of carbonyl (C=O) groups is 1. The first-order valence-electron chi connectivity index (χ1n) is 6.17. The van der Waals surface area contributed by atoms with E-state index in [1.165, 1.54) is 11.3 Å². The Balaban J connectivity index is 1.78. The molecule has 0 aliphatic rings. The van der Waals surface area contributed by atoms with Gasteiger partial charge in [0.25, 0.3) is 5.91 Å². The quantitative estimate of drug-likeness (QED) is 0.750. The fourth-order valence-corrected chi connectivity index (χ4v) is 3.08. The van der Waals surface area contributed by atoms with Crippen LogP contribution in [0, 0.1) is 0 Å². The Labute approximate surface area is 133 Å². The molecule has 5 nitrogen and oxygen atoms in total. The minimum absolute atomic E-state index is 0.208. The molecular weight excluding hydrogens is 352 g/mol. The summed E-state index contributed by atoms with van der Waals surface area (Å²) in [4.78, 5) is 21.7. The number of nitrogens with zero attached hydrogens (tertiary/aromatic N) is 2. The van der Waals surface area contributed by atoms with Crippen molar-refractivity contribution in [3.05, 3.63) is 51.6 Å². The van der Waals surface area contributed by atoms with E-state index in [0.717, 1.165) is 10.0 Å². The number of aromatic nitrogens is 2. The summed E-state index contributed by atoms with van der Waals surface area (Å²) in [7, 11) is 0. The molecule has 1 aromatic carbocycles. The van der Waals surface area contributed by atoms with Crippen molar-refractivity contribution in [3.8, 4) is 0 Å². The molecule has 3 rings (SSSR count). The number of amides is 1. The summed E-state index contributed by atoms with van der Waals surface area (Å²) in [6.07, 6.45) is 3.15. The Morgan fingerprint density at radius 1 is 1.24 bits per heavy atom. The SMILES string of the molecule is Nc1c(C(=O)NCc2ccc(Br)cc2)sc2nccnc12. The molecule has 0 atom stereocenters. The minimum atomic E-state index is -0.208. The number of carbonyl (C=O) groups excluding carboxylic acids is 1. The van der Waals surface area contributed by atoms with E-state index in [4.69, 9.17) is 5.73 Å². The summed E-state index contributed by atoms with van der Waals surface area (Å²) in [6.45, 7) is 0.445. The number of hydrogen-bond acceptors (Lipinski definition) is 5. The van der Waals surface area contributed by atoms with Crippen molar-refractivity contribution in [3.63, 3.8) is 0 Å². The molecular formula is C14H11BrN4OS. The molecule has 0 fully saturated rings. The van der Waals surface area contributed by atoms with E-state index in [2.05, 4.69) is 31.2 Å². The third-order valence-electron chi connectivity index (χ3n) is 2.94. The van der Waals surface area contributed by atoms with Gasteiger partial charge in [-0.15, -0.1) is 11.3 Å². The maximum atomic E-state index is 12.2. The van der Waals surface area contributed by atoms with E-state index in [0.29, 0.717) is 27.5 Å². The lowest BCUT2D eigenvalue weighted by Crippen LogP contribution is -2.22. The predicted octanol–water partition coefficient (Wildman–Crippen LogP) is 2.97. The van der Waals surface area contributed by atoms with Crippen LogP contribution in [0.1, 0.15) is 15.2 Å². The highest BCUT2D eigenvalue weighted by Gasteiger charge is 2.17. The van der Waals surface area contributed by atoms with Crippen molar-refractivity contribution in [1.29, 1.82) is 0 Å².